The first kappa shape index (κ1) is 23.3. The molecule has 8 nitrogen and oxygen atoms in total. The number of piperazine rings is 1. The van der Waals surface area contributed by atoms with E-state index in [2.05, 4.69) is 4.90 Å². The van der Waals surface area contributed by atoms with E-state index in [0.717, 1.165) is 22.1 Å². The number of thiazole rings is 1. The van der Waals surface area contributed by atoms with Gasteiger partial charge in [0.15, 0.2) is 5.13 Å². The van der Waals surface area contributed by atoms with Gasteiger partial charge in [0.05, 0.1) is 26.5 Å². The number of hydrogen-bond acceptors (Lipinski definition) is 8. The van der Waals surface area contributed by atoms with Crippen molar-refractivity contribution in [2.75, 3.05) is 51.9 Å². The molecule has 0 amide bonds. The summed E-state index contributed by atoms with van der Waals surface area (Å²) in [4.78, 5) is 7.04. The highest BCUT2D eigenvalue weighted by atomic mass is 32.2. The first-order valence-corrected chi connectivity index (χ1v) is 12.9. The van der Waals surface area contributed by atoms with Crippen molar-refractivity contribution in [3.8, 4) is 28.5 Å². The van der Waals surface area contributed by atoms with Gasteiger partial charge in [0.2, 0.25) is 10.0 Å². The molecule has 2 aromatic carbocycles. The second kappa shape index (κ2) is 9.98. The van der Waals surface area contributed by atoms with Crippen LogP contribution in [-0.2, 0) is 10.0 Å². The van der Waals surface area contributed by atoms with Gasteiger partial charge < -0.3 is 19.1 Å². The molecule has 33 heavy (non-hydrogen) atoms. The number of nitrogens with zero attached hydrogens (tertiary/aromatic N) is 3. The van der Waals surface area contributed by atoms with E-state index in [1.54, 1.807) is 23.5 Å². The molecule has 4 rings (SSSR count). The van der Waals surface area contributed by atoms with Crippen molar-refractivity contribution in [3.63, 3.8) is 0 Å². The molecule has 1 aliphatic rings. The fourth-order valence-electron chi connectivity index (χ4n) is 3.68. The number of sulfonamides is 1. The quantitative estimate of drug-likeness (QED) is 0.477. The fraction of sp³-hybridized carbons (Fsp3) is 0.348. The fourth-order valence-corrected chi connectivity index (χ4v) is 6.12. The summed E-state index contributed by atoms with van der Waals surface area (Å²) in [6, 6.07) is 12.6. The lowest BCUT2D eigenvalue weighted by molar-refractivity contribution is 0.340. The van der Waals surface area contributed by atoms with Gasteiger partial charge in [-0.3, -0.25) is 0 Å². The molecule has 0 radical (unpaired) electrons. The average Bonchev–Trinajstić information content (AvgIpc) is 3.34. The summed E-state index contributed by atoms with van der Waals surface area (Å²) in [6.07, 6.45) is 0. The predicted octanol–water partition coefficient (Wildman–Crippen LogP) is 3.74. The monoisotopic (exact) mass is 489 g/mol. The molecular weight excluding hydrogens is 462 g/mol. The standard InChI is InChI=1S/C23H27N3O5S2/c1-4-31-18-7-5-17(6-8-18)20-16-32-23(24-20)25-11-13-26(14-12-25)33(27,28)22-10-9-19(29-2)15-21(22)30-3/h5-10,15-16H,4,11-14H2,1-3H3. The lowest BCUT2D eigenvalue weighted by atomic mass is 10.2. The average molecular weight is 490 g/mol. The van der Waals surface area contributed by atoms with E-state index >= 15 is 0 Å². The molecular formula is C23H27N3O5S2. The molecule has 176 valence electrons. The van der Waals surface area contributed by atoms with E-state index in [0.29, 0.717) is 38.5 Å². The summed E-state index contributed by atoms with van der Waals surface area (Å²) in [5.41, 5.74) is 1.92. The molecule has 1 fully saturated rings. The lowest BCUT2D eigenvalue weighted by Crippen LogP contribution is -2.48. The molecule has 3 aromatic rings. The summed E-state index contributed by atoms with van der Waals surface area (Å²) in [7, 11) is -0.700. The van der Waals surface area contributed by atoms with Crippen molar-refractivity contribution in [3.05, 3.63) is 47.8 Å². The first-order valence-electron chi connectivity index (χ1n) is 10.6. The number of methoxy groups -OCH3 is 2. The molecule has 0 atom stereocenters. The normalized spacial score (nSPS) is 14.8. The SMILES string of the molecule is CCOc1ccc(-c2csc(N3CCN(S(=O)(=O)c4ccc(OC)cc4OC)CC3)n2)cc1. The summed E-state index contributed by atoms with van der Waals surface area (Å²) in [5, 5.41) is 2.91. The molecule has 2 heterocycles. The van der Waals surface area contributed by atoms with Crippen LogP contribution >= 0.6 is 11.3 Å². The number of ether oxygens (including phenoxy) is 3. The van der Waals surface area contributed by atoms with Gasteiger partial charge in [0.1, 0.15) is 22.1 Å². The minimum Gasteiger partial charge on any atom is -0.497 e. The molecule has 1 saturated heterocycles. The van der Waals surface area contributed by atoms with E-state index in [1.165, 1.54) is 24.6 Å². The zero-order valence-electron chi connectivity index (χ0n) is 18.9. The number of aromatic nitrogens is 1. The van der Waals surface area contributed by atoms with Crippen LogP contribution < -0.4 is 19.1 Å². The van der Waals surface area contributed by atoms with E-state index in [4.69, 9.17) is 19.2 Å². The minimum absolute atomic E-state index is 0.145. The Bertz CT molecular complexity index is 1190. The van der Waals surface area contributed by atoms with Gasteiger partial charge in [0.25, 0.3) is 0 Å². The summed E-state index contributed by atoms with van der Waals surface area (Å²) in [6.45, 7) is 4.46. The van der Waals surface area contributed by atoms with Crippen molar-refractivity contribution < 1.29 is 22.6 Å². The van der Waals surface area contributed by atoms with Crippen LogP contribution in [0.15, 0.2) is 52.7 Å². The molecule has 0 bridgehead atoms. The van der Waals surface area contributed by atoms with Gasteiger partial charge >= 0.3 is 0 Å². The maximum Gasteiger partial charge on any atom is 0.246 e. The molecule has 1 aliphatic heterocycles. The van der Waals surface area contributed by atoms with Crippen LogP contribution in [-0.4, -0.2) is 64.7 Å². The van der Waals surface area contributed by atoms with Gasteiger partial charge in [-0.2, -0.15) is 4.31 Å². The van der Waals surface area contributed by atoms with Crippen LogP contribution in [0.3, 0.4) is 0 Å². The molecule has 0 aliphatic carbocycles. The predicted molar refractivity (Wildman–Crippen MR) is 129 cm³/mol. The van der Waals surface area contributed by atoms with Crippen molar-refractivity contribution in [1.82, 2.24) is 9.29 Å². The minimum atomic E-state index is -3.68. The van der Waals surface area contributed by atoms with Gasteiger partial charge in [-0.1, -0.05) is 0 Å². The van der Waals surface area contributed by atoms with Crippen molar-refractivity contribution >= 4 is 26.5 Å². The van der Waals surface area contributed by atoms with Crippen molar-refractivity contribution in [1.29, 1.82) is 0 Å². The first-order chi connectivity index (χ1) is 16.0. The van der Waals surface area contributed by atoms with Crippen LogP contribution in [0.4, 0.5) is 5.13 Å². The van der Waals surface area contributed by atoms with Gasteiger partial charge in [-0.25, -0.2) is 13.4 Å². The molecule has 0 spiro atoms. The molecule has 1 aromatic heterocycles. The molecule has 0 unspecified atom stereocenters. The Morgan fingerprint density at radius 2 is 1.67 bits per heavy atom. The van der Waals surface area contributed by atoms with E-state index < -0.39 is 10.0 Å². The molecule has 0 saturated carbocycles. The Kier molecular flexibility index (Phi) is 7.06. The number of rotatable bonds is 8. The highest BCUT2D eigenvalue weighted by Crippen LogP contribution is 2.33. The van der Waals surface area contributed by atoms with E-state index in [1.807, 2.05) is 36.6 Å². The van der Waals surface area contributed by atoms with E-state index in [-0.39, 0.29) is 10.6 Å². The third-order valence-electron chi connectivity index (χ3n) is 5.45. The summed E-state index contributed by atoms with van der Waals surface area (Å²) < 4.78 is 44.0. The van der Waals surface area contributed by atoms with Gasteiger partial charge in [-0.05, 0) is 43.3 Å². The third kappa shape index (κ3) is 4.92. The second-order valence-corrected chi connectivity index (χ2v) is 10.1. The maximum atomic E-state index is 13.2. The van der Waals surface area contributed by atoms with Crippen molar-refractivity contribution in [2.24, 2.45) is 0 Å². The molecule has 0 N–H and O–H groups in total. The Morgan fingerprint density at radius 1 is 0.970 bits per heavy atom. The zero-order chi connectivity index (χ0) is 23.4. The van der Waals surface area contributed by atoms with Crippen LogP contribution in [0.5, 0.6) is 17.2 Å². The lowest BCUT2D eigenvalue weighted by Gasteiger charge is -2.34. The Labute approximate surface area is 198 Å². The molecule has 10 heteroatoms. The second-order valence-electron chi connectivity index (χ2n) is 7.38. The highest BCUT2D eigenvalue weighted by Gasteiger charge is 2.31. The van der Waals surface area contributed by atoms with Crippen LogP contribution in [0.1, 0.15) is 6.92 Å². The Balaban J connectivity index is 1.44. The topological polar surface area (TPSA) is 81.2 Å². The van der Waals surface area contributed by atoms with Crippen LogP contribution in [0.2, 0.25) is 0 Å². The van der Waals surface area contributed by atoms with Crippen molar-refractivity contribution in [2.45, 2.75) is 11.8 Å². The van der Waals surface area contributed by atoms with Gasteiger partial charge in [-0.15, -0.1) is 11.3 Å². The Morgan fingerprint density at radius 3 is 2.30 bits per heavy atom. The smallest absolute Gasteiger partial charge is 0.246 e. The zero-order valence-corrected chi connectivity index (χ0v) is 20.5. The van der Waals surface area contributed by atoms with Crippen LogP contribution in [0, 0.1) is 0 Å². The highest BCUT2D eigenvalue weighted by molar-refractivity contribution is 7.89. The maximum absolute atomic E-state index is 13.2. The number of benzene rings is 2. The summed E-state index contributed by atoms with van der Waals surface area (Å²) >= 11 is 1.56. The van der Waals surface area contributed by atoms with Gasteiger partial charge in [0, 0.05) is 43.2 Å². The largest absolute Gasteiger partial charge is 0.497 e. The number of hydrogen-bond donors (Lipinski definition) is 0. The van der Waals surface area contributed by atoms with Crippen LogP contribution in [0.25, 0.3) is 11.3 Å². The Hall–Kier alpha value is -2.82. The summed E-state index contributed by atoms with van der Waals surface area (Å²) in [5.74, 6) is 1.65. The number of anilines is 1. The third-order valence-corrected chi connectivity index (χ3v) is 8.29. The van der Waals surface area contributed by atoms with E-state index in [9.17, 15) is 8.42 Å².